The Morgan fingerprint density at radius 2 is 1.88 bits per heavy atom. The fraction of sp³-hybridized carbons (Fsp3) is 0.571. The number of para-hydroxylation sites is 1. The number of phenolic OH excluding ortho intramolecular Hbond substituents is 1. The minimum absolute atomic E-state index is 0.102. The van der Waals surface area contributed by atoms with Crippen molar-refractivity contribution in [2.75, 3.05) is 13.2 Å². The molecule has 1 saturated heterocycles. The Labute approximate surface area is 203 Å². The maximum atomic E-state index is 13.2. The van der Waals surface area contributed by atoms with Crippen molar-refractivity contribution in [3.05, 3.63) is 46.5 Å². The van der Waals surface area contributed by atoms with Gasteiger partial charge in [-0.2, -0.15) is 0 Å². The van der Waals surface area contributed by atoms with E-state index >= 15 is 0 Å². The van der Waals surface area contributed by atoms with Gasteiger partial charge in [0.25, 0.3) is 0 Å². The number of aromatic hydroxyl groups is 1. The predicted molar refractivity (Wildman–Crippen MR) is 133 cm³/mol. The SMILES string of the molecule is CCCN1C(=O)[C@@H]2[C@@H](CC(C(C)C)=C([C@H](O)CC/C(=C/c3ccccc3O)CC)[C@@H]2CO)C1=O. The van der Waals surface area contributed by atoms with Crippen LogP contribution >= 0.6 is 0 Å². The molecular weight excluding hydrogens is 430 g/mol. The molecule has 0 radical (unpaired) electrons. The van der Waals surface area contributed by atoms with Crippen molar-refractivity contribution >= 4 is 17.9 Å². The summed E-state index contributed by atoms with van der Waals surface area (Å²) in [6, 6.07) is 7.16. The van der Waals surface area contributed by atoms with Crippen molar-refractivity contribution in [3.8, 4) is 5.75 Å². The molecule has 34 heavy (non-hydrogen) atoms. The number of fused-ring (bicyclic) bond motifs is 1. The van der Waals surface area contributed by atoms with Crippen LogP contribution in [0, 0.1) is 23.7 Å². The smallest absolute Gasteiger partial charge is 0.233 e. The molecule has 1 aliphatic heterocycles. The molecule has 2 amide bonds. The number of carbonyl (C=O) groups is 2. The Morgan fingerprint density at radius 1 is 1.18 bits per heavy atom. The number of carbonyl (C=O) groups excluding carboxylic acids is 2. The number of aliphatic hydroxyl groups is 2. The van der Waals surface area contributed by atoms with Gasteiger partial charge in [0.2, 0.25) is 11.8 Å². The van der Waals surface area contributed by atoms with Gasteiger partial charge in [0.05, 0.1) is 24.5 Å². The van der Waals surface area contributed by atoms with Gasteiger partial charge in [0.1, 0.15) is 5.75 Å². The zero-order chi connectivity index (χ0) is 25.0. The quantitative estimate of drug-likeness (QED) is 0.351. The van der Waals surface area contributed by atoms with Gasteiger partial charge in [-0.15, -0.1) is 0 Å². The molecule has 3 N–H and O–H groups in total. The lowest BCUT2D eigenvalue weighted by molar-refractivity contribution is -0.140. The van der Waals surface area contributed by atoms with Crippen LogP contribution in [-0.2, 0) is 9.59 Å². The molecule has 3 rings (SSSR count). The lowest BCUT2D eigenvalue weighted by Crippen LogP contribution is -2.40. The summed E-state index contributed by atoms with van der Waals surface area (Å²) in [5.41, 5.74) is 3.59. The van der Waals surface area contributed by atoms with Crippen molar-refractivity contribution in [2.45, 2.75) is 65.9 Å². The third-order valence-corrected chi connectivity index (χ3v) is 7.40. The molecule has 1 aromatic rings. The molecule has 1 aromatic carbocycles. The Kier molecular flexibility index (Phi) is 8.72. The average Bonchev–Trinajstić information content (AvgIpc) is 3.06. The van der Waals surface area contributed by atoms with Crippen molar-refractivity contribution < 1.29 is 24.9 Å². The van der Waals surface area contributed by atoms with Crippen molar-refractivity contribution in [1.29, 1.82) is 0 Å². The molecule has 0 spiro atoms. The van der Waals surface area contributed by atoms with Crippen LogP contribution in [-0.4, -0.2) is 51.3 Å². The molecule has 1 heterocycles. The molecule has 1 fully saturated rings. The second-order valence-corrected chi connectivity index (χ2v) is 9.86. The number of allylic oxidation sites excluding steroid dienone is 2. The van der Waals surface area contributed by atoms with E-state index in [9.17, 15) is 24.9 Å². The summed E-state index contributed by atoms with van der Waals surface area (Å²) < 4.78 is 0. The molecule has 1 aliphatic carbocycles. The monoisotopic (exact) mass is 469 g/mol. The maximum Gasteiger partial charge on any atom is 0.233 e. The first-order valence-corrected chi connectivity index (χ1v) is 12.6. The summed E-state index contributed by atoms with van der Waals surface area (Å²) >= 11 is 0. The van der Waals surface area contributed by atoms with Crippen LogP contribution in [0.3, 0.4) is 0 Å². The number of hydrogen-bond donors (Lipinski definition) is 3. The average molecular weight is 470 g/mol. The van der Waals surface area contributed by atoms with E-state index in [1.165, 1.54) is 4.90 Å². The first-order valence-electron chi connectivity index (χ1n) is 12.6. The number of hydrogen-bond acceptors (Lipinski definition) is 5. The van der Waals surface area contributed by atoms with Crippen molar-refractivity contribution in [1.82, 2.24) is 4.90 Å². The van der Waals surface area contributed by atoms with E-state index in [2.05, 4.69) is 0 Å². The van der Waals surface area contributed by atoms with Crippen LogP contribution in [0.25, 0.3) is 6.08 Å². The Morgan fingerprint density at radius 3 is 2.47 bits per heavy atom. The number of imide groups is 1. The highest BCUT2D eigenvalue weighted by Crippen LogP contribution is 2.48. The molecule has 2 aliphatic rings. The van der Waals surface area contributed by atoms with Gasteiger partial charge in [-0.3, -0.25) is 14.5 Å². The van der Waals surface area contributed by atoms with Gasteiger partial charge in [0, 0.05) is 18.0 Å². The summed E-state index contributed by atoms with van der Waals surface area (Å²) in [5.74, 6) is -1.62. The van der Waals surface area contributed by atoms with E-state index in [0.717, 1.165) is 28.7 Å². The van der Waals surface area contributed by atoms with Crippen LogP contribution < -0.4 is 0 Å². The first kappa shape index (κ1) is 26.2. The van der Waals surface area contributed by atoms with Crippen LogP contribution in [0.15, 0.2) is 41.0 Å². The fourth-order valence-corrected chi connectivity index (χ4v) is 5.61. The van der Waals surface area contributed by atoms with E-state index in [1.54, 1.807) is 12.1 Å². The van der Waals surface area contributed by atoms with Gasteiger partial charge >= 0.3 is 0 Å². The van der Waals surface area contributed by atoms with Crippen LogP contribution in [0.2, 0.25) is 0 Å². The third-order valence-electron chi connectivity index (χ3n) is 7.40. The number of amides is 2. The minimum Gasteiger partial charge on any atom is -0.507 e. The highest BCUT2D eigenvalue weighted by atomic mass is 16.3. The second kappa shape index (κ2) is 11.3. The van der Waals surface area contributed by atoms with Gasteiger partial charge in [-0.05, 0) is 49.7 Å². The fourth-order valence-electron chi connectivity index (χ4n) is 5.61. The van der Waals surface area contributed by atoms with Gasteiger partial charge < -0.3 is 15.3 Å². The van der Waals surface area contributed by atoms with Crippen molar-refractivity contribution in [3.63, 3.8) is 0 Å². The van der Waals surface area contributed by atoms with Crippen LogP contribution in [0.4, 0.5) is 0 Å². The number of likely N-dealkylation sites (tertiary alicyclic amines) is 1. The number of rotatable bonds is 10. The zero-order valence-electron chi connectivity index (χ0n) is 20.8. The first-order chi connectivity index (χ1) is 16.2. The van der Waals surface area contributed by atoms with E-state index < -0.39 is 23.9 Å². The van der Waals surface area contributed by atoms with Crippen LogP contribution in [0.5, 0.6) is 5.75 Å². The second-order valence-electron chi connectivity index (χ2n) is 9.86. The van der Waals surface area contributed by atoms with Gasteiger partial charge in [-0.1, -0.05) is 63.1 Å². The summed E-state index contributed by atoms with van der Waals surface area (Å²) in [6.45, 7) is 8.19. The topological polar surface area (TPSA) is 98.1 Å². The van der Waals surface area contributed by atoms with Crippen LogP contribution in [0.1, 0.15) is 65.4 Å². The molecule has 0 bridgehead atoms. The van der Waals surface area contributed by atoms with E-state index in [1.807, 2.05) is 45.9 Å². The summed E-state index contributed by atoms with van der Waals surface area (Å²) in [7, 11) is 0. The largest absolute Gasteiger partial charge is 0.507 e. The molecule has 0 aromatic heterocycles. The summed E-state index contributed by atoms with van der Waals surface area (Å²) in [5, 5.41) is 31.8. The standard InChI is InChI=1S/C28H39NO5/c1-5-13-29-27(33)21-15-20(17(3)4)25(22(16-30)26(21)28(29)34)24(32)12-11-18(6-2)14-19-9-7-8-10-23(19)31/h7-10,14,17,21-22,24,26,30-32H,5-6,11-13,15-16H2,1-4H3/b18-14+/t21-,22+,24-,26-/m1/s1. The Bertz CT molecular complexity index is 963. The Balaban J connectivity index is 1.87. The number of benzene rings is 1. The third kappa shape index (κ3) is 5.13. The highest BCUT2D eigenvalue weighted by Gasteiger charge is 2.54. The number of phenols is 1. The minimum atomic E-state index is -0.807. The molecule has 4 atom stereocenters. The molecule has 186 valence electrons. The molecule has 0 saturated carbocycles. The Hall–Kier alpha value is -2.44. The lowest BCUT2D eigenvalue weighted by Gasteiger charge is -2.38. The van der Waals surface area contributed by atoms with E-state index in [4.69, 9.17) is 0 Å². The number of aliphatic hydroxyl groups excluding tert-OH is 2. The highest BCUT2D eigenvalue weighted by molar-refractivity contribution is 6.05. The zero-order valence-corrected chi connectivity index (χ0v) is 20.8. The maximum absolute atomic E-state index is 13.2. The summed E-state index contributed by atoms with van der Waals surface area (Å²) in [4.78, 5) is 27.5. The van der Waals surface area contributed by atoms with Gasteiger partial charge in [-0.25, -0.2) is 0 Å². The lowest BCUT2D eigenvalue weighted by atomic mass is 9.66. The molecule has 0 unspecified atom stereocenters. The van der Waals surface area contributed by atoms with Crippen molar-refractivity contribution in [2.24, 2.45) is 23.7 Å². The van der Waals surface area contributed by atoms with Gasteiger partial charge in [0.15, 0.2) is 0 Å². The predicted octanol–water partition coefficient (Wildman–Crippen LogP) is 4.30. The summed E-state index contributed by atoms with van der Waals surface area (Å²) in [6.07, 6.45) is 4.17. The normalized spacial score (nSPS) is 24.3. The van der Waals surface area contributed by atoms with E-state index in [-0.39, 0.29) is 30.1 Å². The molecule has 6 heteroatoms. The van der Waals surface area contributed by atoms with E-state index in [0.29, 0.717) is 32.2 Å². The molecule has 6 nitrogen and oxygen atoms in total. The molecular formula is C28H39NO5. The number of nitrogens with zero attached hydrogens (tertiary/aromatic N) is 1.